The molecule has 0 saturated carbocycles. The van der Waals surface area contributed by atoms with Crippen molar-refractivity contribution in [1.29, 1.82) is 0 Å². The summed E-state index contributed by atoms with van der Waals surface area (Å²) >= 11 is 6.12. The van der Waals surface area contributed by atoms with E-state index in [0.29, 0.717) is 10.8 Å². The Balaban J connectivity index is 2.04. The molecule has 0 aliphatic rings. The van der Waals surface area contributed by atoms with Gasteiger partial charge in [0.05, 0.1) is 27.4 Å². The number of carbonyl (C=O) groups excluding carboxylic acids is 2. The molecule has 0 heterocycles. The van der Waals surface area contributed by atoms with Crippen LogP contribution in [0.15, 0.2) is 36.4 Å². The van der Waals surface area contributed by atoms with Gasteiger partial charge >= 0.3 is 5.97 Å². The number of methoxy groups -OCH3 is 3. The molecule has 0 bridgehead atoms. The van der Waals surface area contributed by atoms with E-state index in [2.05, 4.69) is 5.32 Å². The number of halogens is 1. The Morgan fingerprint density at radius 1 is 1.00 bits per heavy atom. The van der Waals surface area contributed by atoms with E-state index in [0.717, 1.165) is 5.56 Å². The fraction of sp³-hybridized carbons (Fsp3) is 0.300. The minimum atomic E-state index is -0.724. The fourth-order valence-electron chi connectivity index (χ4n) is 2.66. The Morgan fingerprint density at radius 2 is 1.68 bits per heavy atom. The molecule has 0 fully saturated rings. The molecule has 7 nitrogen and oxygen atoms in total. The van der Waals surface area contributed by atoms with Gasteiger partial charge in [-0.2, -0.15) is 0 Å². The quantitative estimate of drug-likeness (QED) is 0.675. The van der Waals surface area contributed by atoms with Crippen LogP contribution < -0.4 is 19.5 Å². The summed E-state index contributed by atoms with van der Waals surface area (Å²) < 4.78 is 20.8. The Hall–Kier alpha value is -2.93. The Labute approximate surface area is 168 Å². The summed E-state index contributed by atoms with van der Waals surface area (Å²) in [5.74, 6) is -0.353. The van der Waals surface area contributed by atoms with Gasteiger partial charge in [0.2, 0.25) is 5.75 Å². The normalized spacial score (nSPS) is 11.3. The molecule has 0 spiro atoms. The van der Waals surface area contributed by atoms with Crippen LogP contribution in [0.25, 0.3) is 0 Å². The lowest BCUT2D eigenvalue weighted by Crippen LogP contribution is -2.31. The van der Waals surface area contributed by atoms with Gasteiger partial charge < -0.3 is 24.3 Å². The van der Waals surface area contributed by atoms with Crippen molar-refractivity contribution < 1.29 is 28.5 Å². The van der Waals surface area contributed by atoms with Crippen molar-refractivity contribution in [1.82, 2.24) is 5.32 Å². The molecule has 1 atom stereocenters. The van der Waals surface area contributed by atoms with Crippen LogP contribution in [0.2, 0.25) is 5.02 Å². The van der Waals surface area contributed by atoms with E-state index in [4.69, 9.17) is 30.5 Å². The molecule has 2 aromatic carbocycles. The number of hydrogen-bond acceptors (Lipinski definition) is 6. The lowest BCUT2D eigenvalue weighted by atomic mass is 10.1. The van der Waals surface area contributed by atoms with Crippen molar-refractivity contribution in [3.05, 3.63) is 52.5 Å². The van der Waals surface area contributed by atoms with Crippen LogP contribution in [0.5, 0.6) is 17.2 Å². The van der Waals surface area contributed by atoms with Crippen LogP contribution in [-0.2, 0) is 9.53 Å². The van der Waals surface area contributed by atoms with E-state index in [1.54, 1.807) is 25.1 Å². The lowest BCUT2D eigenvalue weighted by Gasteiger charge is -2.17. The predicted octanol–water partition coefficient (Wildman–Crippen LogP) is 3.40. The summed E-state index contributed by atoms with van der Waals surface area (Å²) in [6.07, 6.45) is 0. The second kappa shape index (κ2) is 9.85. The Morgan fingerprint density at radius 3 is 2.29 bits per heavy atom. The zero-order chi connectivity index (χ0) is 20.7. The van der Waals surface area contributed by atoms with Gasteiger partial charge in [-0.15, -0.1) is 0 Å². The molecule has 0 saturated heterocycles. The number of ether oxygens (including phenoxy) is 4. The number of benzene rings is 2. The van der Waals surface area contributed by atoms with Gasteiger partial charge in [0.25, 0.3) is 5.91 Å². The summed E-state index contributed by atoms with van der Waals surface area (Å²) in [5.41, 5.74) is 0.887. The molecule has 1 amide bonds. The third-order valence-electron chi connectivity index (χ3n) is 4.01. The molecule has 150 valence electrons. The summed E-state index contributed by atoms with van der Waals surface area (Å²) in [6, 6.07) is 9.88. The topological polar surface area (TPSA) is 83.1 Å². The van der Waals surface area contributed by atoms with Gasteiger partial charge in [0.15, 0.2) is 18.1 Å². The molecule has 0 aliphatic heterocycles. The molecule has 2 rings (SSSR count). The van der Waals surface area contributed by atoms with Gasteiger partial charge in [-0.1, -0.05) is 29.8 Å². The third kappa shape index (κ3) is 4.86. The molecule has 0 aliphatic carbocycles. The van der Waals surface area contributed by atoms with Gasteiger partial charge in [-0.05, 0) is 30.7 Å². The molecule has 0 unspecified atom stereocenters. The van der Waals surface area contributed by atoms with Crippen molar-refractivity contribution in [3.63, 3.8) is 0 Å². The van der Waals surface area contributed by atoms with Crippen LogP contribution in [0.3, 0.4) is 0 Å². The van der Waals surface area contributed by atoms with E-state index in [-0.39, 0.29) is 23.1 Å². The molecular formula is C20H22ClNO6. The van der Waals surface area contributed by atoms with Crippen molar-refractivity contribution in [3.8, 4) is 17.2 Å². The maximum atomic E-state index is 12.4. The molecule has 1 N–H and O–H groups in total. The highest BCUT2D eigenvalue weighted by atomic mass is 35.5. The molecular weight excluding hydrogens is 386 g/mol. The summed E-state index contributed by atoms with van der Waals surface area (Å²) in [7, 11) is 4.30. The summed E-state index contributed by atoms with van der Waals surface area (Å²) in [6.45, 7) is 1.34. The smallest absolute Gasteiger partial charge is 0.342 e. The first-order chi connectivity index (χ1) is 13.4. The first kappa shape index (κ1) is 21.4. The molecule has 28 heavy (non-hydrogen) atoms. The van der Waals surface area contributed by atoms with Gasteiger partial charge in [0.1, 0.15) is 5.56 Å². The minimum Gasteiger partial charge on any atom is -0.493 e. The number of carbonyl (C=O) groups is 2. The number of nitrogens with one attached hydrogen (secondary N) is 1. The SMILES string of the molecule is COc1ccc(C(=O)OCC(=O)N[C@@H](C)c2ccccc2Cl)c(OC)c1OC. The zero-order valence-electron chi connectivity index (χ0n) is 16.1. The Bertz CT molecular complexity index is 855. The van der Waals surface area contributed by atoms with Crippen molar-refractivity contribution in [2.75, 3.05) is 27.9 Å². The van der Waals surface area contributed by atoms with Gasteiger partial charge in [-0.25, -0.2) is 4.79 Å². The lowest BCUT2D eigenvalue weighted by molar-refractivity contribution is -0.124. The van der Waals surface area contributed by atoms with E-state index in [1.807, 2.05) is 12.1 Å². The minimum absolute atomic E-state index is 0.118. The third-order valence-corrected chi connectivity index (χ3v) is 4.35. The van der Waals surface area contributed by atoms with Crippen molar-refractivity contribution >= 4 is 23.5 Å². The predicted molar refractivity (Wildman–Crippen MR) is 104 cm³/mol. The van der Waals surface area contributed by atoms with Gasteiger partial charge in [0, 0.05) is 5.02 Å². The maximum absolute atomic E-state index is 12.4. The van der Waals surface area contributed by atoms with E-state index >= 15 is 0 Å². The first-order valence-corrected chi connectivity index (χ1v) is 8.80. The molecule has 0 aromatic heterocycles. The first-order valence-electron chi connectivity index (χ1n) is 8.42. The number of rotatable bonds is 8. The van der Waals surface area contributed by atoms with Crippen molar-refractivity contribution in [2.24, 2.45) is 0 Å². The van der Waals surface area contributed by atoms with Crippen molar-refractivity contribution in [2.45, 2.75) is 13.0 Å². The molecule has 8 heteroatoms. The number of hydrogen-bond donors (Lipinski definition) is 1. The molecule has 0 radical (unpaired) electrons. The summed E-state index contributed by atoms with van der Waals surface area (Å²) in [4.78, 5) is 24.6. The maximum Gasteiger partial charge on any atom is 0.342 e. The highest BCUT2D eigenvalue weighted by Crippen LogP contribution is 2.39. The second-order valence-electron chi connectivity index (χ2n) is 5.77. The fourth-order valence-corrected chi connectivity index (χ4v) is 2.96. The highest BCUT2D eigenvalue weighted by Gasteiger charge is 2.22. The average Bonchev–Trinajstić information content (AvgIpc) is 2.70. The summed E-state index contributed by atoms with van der Waals surface area (Å²) in [5, 5.41) is 3.28. The highest BCUT2D eigenvalue weighted by molar-refractivity contribution is 6.31. The van der Waals surface area contributed by atoms with Crippen LogP contribution in [-0.4, -0.2) is 39.8 Å². The Kier molecular flexibility index (Phi) is 7.52. The van der Waals surface area contributed by atoms with E-state index < -0.39 is 18.5 Å². The van der Waals surface area contributed by atoms with Crippen LogP contribution in [0, 0.1) is 0 Å². The van der Waals surface area contributed by atoms with E-state index in [9.17, 15) is 9.59 Å². The van der Waals surface area contributed by atoms with Crippen LogP contribution in [0.4, 0.5) is 0 Å². The largest absolute Gasteiger partial charge is 0.493 e. The molecule has 2 aromatic rings. The van der Waals surface area contributed by atoms with Gasteiger partial charge in [-0.3, -0.25) is 4.79 Å². The second-order valence-corrected chi connectivity index (χ2v) is 6.18. The van der Waals surface area contributed by atoms with Crippen LogP contribution >= 0.6 is 11.6 Å². The number of esters is 1. The van der Waals surface area contributed by atoms with E-state index in [1.165, 1.54) is 27.4 Å². The van der Waals surface area contributed by atoms with Crippen LogP contribution in [0.1, 0.15) is 28.9 Å². The average molecular weight is 408 g/mol. The standard InChI is InChI=1S/C20H22ClNO6/c1-12(13-7-5-6-8-15(13)21)22-17(23)11-28-20(24)14-9-10-16(25-2)19(27-4)18(14)26-3/h5-10,12H,11H2,1-4H3,(H,22,23)/t12-/m0/s1. The zero-order valence-corrected chi connectivity index (χ0v) is 16.8. The monoisotopic (exact) mass is 407 g/mol. The number of amides is 1.